The molecule has 1 unspecified atom stereocenters. The Hall–Kier alpha value is -0.610. The van der Waals surface area contributed by atoms with Crippen molar-refractivity contribution >= 4 is 5.91 Å². The number of carbonyl (C=O) groups excluding carboxylic acids is 1. The second kappa shape index (κ2) is 3.87. The summed E-state index contributed by atoms with van der Waals surface area (Å²) in [5, 5.41) is 3.28. The first-order chi connectivity index (χ1) is 5.68. The average molecular weight is 172 g/mol. The van der Waals surface area contributed by atoms with Gasteiger partial charge in [0.15, 0.2) is 0 Å². The van der Waals surface area contributed by atoms with Gasteiger partial charge >= 0.3 is 0 Å². The van der Waals surface area contributed by atoms with E-state index < -0.39 is 0 Å². The second-order valence-corrected chi connectivity index (χ2v) is 3.39. The summed E-state index contributed by atoms with van der Waals surface area (Å²) in [6.07, 6.45) is 2.45. The SMILES string of the molecule is COCC1(CC(N)=O)CCCN1. The van der Waals surface area contributed by atoms with Crippen molar-refractivity contribution in [1.29, 1.82) is 0 Å². The first-order valence-corrected chi connectivity index (χ1v) is 4.21. The fraction of sp³-hybridized carbons (Fsp3) is 0.875. The number of carbonyl (C=O) groups is 1. The third-order valence-corrected chi connectivity index (χ3v) is 2.27. The molecule has 0 saturated carbocycles. The van der Waals surface area contributed by atoms with Gasteiger partial charge in [-0.1, -0.05) is 0 Å². The molecule has 0 radical (unpaired) electrons. The summed E-state index contributed by atoms with van der Waals surface area (Å²) in [5.41, 5.74) is 4.97. The Kier molecular flexibility index (Phi) is 3.05. The van der Waals surface area contributed by atoms with Gasteiger partial charge in [0.05, 0.1) is 12.1 Å². The lowest BCUT2D eigenvalue weighted by Gasteiger charge is -2.26. The number of primary amides is 1. The number of ether oxygens (including phenoxy) is 1. The van der Waals surface area contributed by atoms with E-state index in [2.05, 4.69) is 5.32 Å². The molecule has 1 aliphatic rings. The van der Waals surface area contributed by atoms with Crippen LogP contribution >= 0.6 is 0 Å². The molecule has 0 aromatic heterocycles. The summed E-state index contributed by atoms with van der Waals surface area (Å²) in [6.45, 7) is 1.52. The van der Waals surface area contributed by atoms with Gasteiger partial charge in [0, 0.05) is 13.5 Å². The monoisotopic (exact) mass is 172 g/mol. The number of amides is 1. The van der Waals surface area contributed by atoms with E-state index in [4.69, 9.17) is 10.5 Å². The standard InChI is InChI=1S/C8H16N2O2/c1-12-6-8(5-7(9)11)3-2-4-10-8/h10H,2-6H2,1H3,(H2,9,11). The molecule has 1 aliphatic heterocycles. The van der Waals surface area contributed by atoms with Gasteiger partial charge in [-0.3, -0.25) is 4.79 Å². The lowest BCUT2D eigenvalue weighted by molar-refractivity contribution is -0.119. The second-order valence-electron chi connectivity index (χ2n) is 3.39. The van der Waals surface area contributed by atoms with Crippen molar-refractivity contribution in [3.8, 4) is 0 Å². The lowest BCUT2D eigenvalue weighted by Crippen LogP contribution is -2.47. The van der Waals surface area contributed by atoms with Crippen LogP contribution in [0.1, 0.15) is 19.3 Å². The van der Waals surface area contributed by atoms with E-state index in [1.807, 2.05) is 0 Å². The van der Waals surface area contributed by atoms with Gasteiger partial charge in [-0.05, 0) is 19.4 Å². The van der Waals surface area contributed by atoms with E-state index >= 15 is 0 Å². The van der Waals surface area contributed by atoms with Crippen molar-refractivity contribution < 1.29 is 9.53 Å². The summed E-state index contributed by atoms with van der Waals surface area (Å²) in [7, 11) is 1.64. The van der Waals surface area contributed by atoms with Gasteiger partial charge in [0.1, 0.15) is 0 Å². The van der Waals surface area contributed by atoms with Crippen LogP contribution in [0.3, 0.4) is 0 Å². The smallest absolute Gasteiger partial charge is 0.219 e. The van der Waals surface area contributed by atoms with Gasteiger partial charge in [-0.15, -0.1) is 0 Å². The molecule has 0 bridgehead atoms. The van der Waals surface area contributed by atoms with Gasteiger partial charge in [0.2, 0.25) is 5.91 Å². The predicted octanol–water partition coefficient (Wildman–Crippen LogP) is -0.370. The molecule has 0 aromatic rings. The van der Waals surface area contributed by atoms with E-state index in [1.54, 1.807) is 7.11 Å². The maximum atomic E-state index is 10.8. The normalized spacial score (nSPS) is 29.1. The zero-order chi connectivity index (χ0) is 9.03. The molecule has 70 valence electrons. The van der Waals surface area contributed by atoms with Crippen molar-refractivity contribution in [3.63, 3.8) is 0 Å². The Morgan fingerprint density at radius 3 is 2.92 bits per heavy atom. The minimum Gasteiger partial charge on any atom is -0.383 e. The molecule has 1 atom stereocenters. The minimum absolute atomic E-state index is 0.180. The zero-order valence-corrected chi connectivity index (χ0v) is 7.43. The first-order valence-electron chi connectivity index (χ1n) is 4.21. The quantitative estimate of drug-likeness (QED) is 0.608. The summed E-state index contributed by atoms with van der Waals surface area (Å²) >= 11 is 0. The van der Waals surface area contributed by atoms with Gasteiger partial charge in [0.25, 0.3) is 0 Å². The van der Waals surface area contributed by atoms with Crippen molar-refractivity contribution in [2.24, 2.45) is 5.73 Å². The highest BCUT2D eigenvalue weighted by Crippen LogP contribution is 2.22. The number of nitrogens with one attached hydrogen (secondary N) is 1. The van der Waals surface area contributed by atoms with Gasteiger partial charge in [-0.25, -0.2) is 0 Å². The van der Waals surface area contributed by atoms with Gasteiger partial charge in [-0.2, -0.15) is 0 Å². The number of rotatable bonds is 4. The van der Waals surface area contributed by atoms with E-state index in [-0.39, 0.29) is 11.4 Å². The van der Waals surface area contributed by atoms with Crippen LogP contribution in [0.15, 0.2) is 0 Å². The van der Waals surface area contributed by atoms with E-state index in [0.717, 1.165) is 19.4 Å². The first kappa shape index (κ1) is 9.48. The average Bonchev–Trinajstić information content (AvgIpc) is 2.36. The molecule has 0 aliphatic carbocycles. The van der Waals surface area contributed by atoms with Crippen LogP contribution in [0.5, 0.6) is 0 Å². The number of hydrogen-bond acceptors (Lipinski definition) is 3. The Bertz CT molecular complexity index is 164. The Balaban J connectivity index is 2.52. The van der Waals surface area contributed by atoms with Crippen LogP contribution in [-0.2, 0) is 9.53 Å². The molecule has 3 N–H and O–H groups in total. The molecule has 1 amide bonds. The van der Waals surface area contributed by atoms with Crippen LogP contribution in [0.25, 0.3) is 0 Å². The maximum Gasteiger partial charge on any atom is 0.219 e. The zero-order valence-electron chi connectivity index (χ0n) is 7.43. The van der Waals surface area contributed by atoms with E-state index in [0.29, 0.717) is 13.0 Å². The van der Waals surface area contributed by atoms with Crippen LogP contribution in [0.4, 0.5) is 0 Å². The van der Waals surface area contributed by atoms with Crippen LogP contribution in [-0.4, -0.2) is 31.7 Å². The summed E-state index contributed by atoms with van der Waals surface area (Å²) in [4.78, 5) is 10.8. The molecule has 4 heteroatoms. The summed E-state index contributed by atoms with van der Waals surface area (Å²) < 4.78 is 5.06. The highest BCUT2D eigenvalue weighted by molar-refractivity contribution is 5.75. The fourth-order valence-electron chi connectivity index (χ4n) is 1.80. The van der Waals surface area contributed by atoms with Gasteiger partial charge < -0.3 is 15.8 Å². The molecule has 1 saturated heterocycles. The largest absolute Gasteiger partial charge is 0.383 e. The number of methoxy groups -OCH3 is 1. The Labute approximate surface area is 72.5 Å². The lowest BCUT2D eigenvalue weighted by atomic mass is 9.94. The predicted molar refractivity (Wildman–Crippen MR) is 45.7 cm³/mol. The molecular formula is C8H16N2O2. The highest BCUT2D eigenvalue weighted by atomic mass is 16.5. The van der Waals surface area contributed by atoms with Crippen molar-refractivity contribution in [1.82, 2.24) is 5.32 Å². The van der Waals surface area contributed by atoms with Crippen molar-refractivity contribution in [2.45, 2.75) is 24.8 Å². The van der Waals surface area contributed by atoms with Crippen LogP contribution in [0, 0.1) is 0 Å². The molecule has 4 nitrogen and oxygen atoms in total. The summed E-state index contributed by atoms with van der Waals surface area (Å²) in [5.74, 6) is -0.263. The molecule has 12 heavy (non-hydrogen) atoms. The Morgan fingerprint density at radius 1 is 1.75 bits per heavy atom. The number of nitrogens with two attached hydrogens (primary N) is 1. The third-order valence-electron chi connectivity index (χ3n) is 2.27. The molecule has 1 rings (SSSR count). The summed E-state index contributed by atoms with van der Waals surface area (Å²) in [6, 6.07) is 0. The highest BCUT2D eigenvalue weighted by Gasteiger charge is 2.34. The van der Waals surface area contributed by atoms with E-state index in [1.165, 1.54) is 0 Å². The topological polar surface area (TPSA) is 64.3 Å². The van der Waals surface area contributed by atoms with E-state index in [9.17, 15) is 4.79 Å². The molecular weight excluding hydrogens is 156 g/mol. The van der Waals surface area contributed by atoms with Crippen molar-refractivity contribution in [3.05, 3.63) is 0 Å². The minimum atomic E-state index is -0.263. The van der Waals surface area contributed by atoms with Crippen molar-refractivity contribution in [2.75, 3.05) is 20.3 Å². The number of hydrogen-bond donors (Lipinski definition) is 2. The fourth-order valence-corrected chi connectivity index (χ4v) is 1.80. The van der Waals surface area contributed by atoms with Crippen LogP contribution in [0.2, 0.25) is 0 Å². The molecule has 1 heterocycles. The maximum absolute atomic E-state index is 10.8. The molecule has 0 spiro atoms. The molecule has 1 fully saturated rings. The third kappa shape index (κ3) is 2.19. The molecule has 0 aromatic carbocycles. The Morgan fingerprint density at radius 2 is 2.50 bits per heavy atom. The van der Waals surface area contributed by atoms with Crippen LogP contribution < -0.4 is 11.1 Å².